The number of rotatable bonds is 7. The second-order valence-corrected chi connectivity index (χ2v) is 8.46. The van der Waals surface area contributed by atoms with E-state index >= 15 is 0 Å². The van der Waals surface area contributed by atoms with Crippen LogP contribution in [0.1, 0.15) is 64.6 Å². The number of methoxy groups -OCH3 is 1. The van der Waals surface area contributed by atoms with Crippen LogP contribution in [0, 0.1) is 0 Å². The summed E-state index contributed by atoms with van der Waals surface area (Å²) in [7, 11) is 1.31. The molecule has 1 aliphatic carbocycles. The molecule has 1 fully saturated rings. The average Bonchev–Trinajstić information content (AvgIpc) is 2.92. The van der Waals surface area contributed by atoms with E-state index in [9.17, 15) is 14.4 Å². The molecule has 1 saturated carbocycles. The van der Waals surface area contributed by atoms with Gasteiger partial charge in [0.2, 0.25) is 5.91 Å². The van der Waals surface area contributed by atoms with Crippen molar-refractivity contribution in [3.8, 4) is 0 Å². The van der Waals surface area contributed by atoms with E-state index in [4.69, 9.17) is 4.74 Å². The lowest BCUT2D eigenvalue weighted by Crippen LogP contribution is -2.47. The van der Waals surface area contributed by atoms with Crippen molar-refractivity contribution in [3.63, 3.8) is 0 Å². The summed E-state index contributed by atoms with van der Waals surface area (Å²) < 4.78 is 4.79. The molecule has 0 spiro atoms. The summed E-state index contributed by atoms with van der Waals surface area (Å²) in [6, 6.07) is 14.7. The van der Waals surface area contributed by atoms with Crippen LogP contribution in [-0.4, -0.2) is 40.9 Å². The summed E-state index contributed by atoms with van der Waals surface area (Å²) in [6.07, 6.45) is 9.43. The van der Waals surface area contributed by atoms with Gasteiger partial charge in [-0.3, -0.25) is 19.5 Å². The molecule has 0 saturated heterocycles. The fourth-order valence-corrected chi connectivity index (χ4v) is 4.37. The van der Waals surface area contributed by atoms with Crippen molar-refractivity contribution < 1.29 is 19.1 Å². The Morgan fingerprint density at radius 1 is 0.971 bits per heavy atom. The Labute approximate surface area is 204 Å². The lowest BCUT2D eigenvalue weighted by Gasteiger charge is -2.33. The molecular formula is C27H28N4O4. The first-order chi connectivity index (χ1) is 17.1. The minimum Gasteiger partial charge on any atom is -0.465 e. The third kappa shape index (κ3) is 5.71. The Hall–Kier alpha value is -4.07. The molecule has 0 aliphatic heterocycles. The average molecular weight is 473 g/mol. The van der Waals surface area contributed by atoms with Crippen molar-refractivity contribution in [2.45, 2.75) is 44.2 Å². The highest BCUT2D eigenvalue weighted by Crippen LogP contribution is 2.30. The highest BCUT2D eigenvalue weighted by atomic mass is 16.5. The summed E-state index contributed by atoms with van der Waals surface area (Å²) in [6.45, 7) is 0. The van der Waals surface area contributed by atoms with Gasteiger partial charge in [-0.05, 0) is 42.7 Å². The molecule has 8 heteroatoms. The number of anilines is 1. The quantitative estimate of drug-likeness (QED) is 0.520. The first-order valence-corrected chi connectivity index (χ1v) is 11.7. The smallest absolute Gasteiger partial charge is 0.337 e. The molecule has 8 nitrogen and oxygen atoms in total. The first-order valence-electron chi connectivity index (χ1n) is 11.7. The van der Waals surface area contributed by atoms with E-state index < -0.39 is 17.9 Å². The molecule has 1 heterocycles. The SMILES string of the molecule is COC(=O)c1ccc(N(C(=O)c2cnccn2)C(C(=O)NC2CCCCC2)c2ccccc2)cc1. The fourth-order valence-electron chi connectivity index (χ4n) is 4.37. The summed E-state index contributed by atoms with van der Waals surface area (Å²) in [5.74, 6) is -1.23. The maximum atomic E-state index is 13.8. The van der Waals surface area contributed by atoms with Gasteiger partial charge in [-0.15, -0.1) is 0 Å². The Morgan fingerprint density at radius 2 is 1.69 bits per heavy atom. The van der Waals surface area contributed by atoms with Crippen LogP contribution in [0.2, 0.25) is 0 Å². The molecule has 1 aliphatic rings. The summed E-state index contributed by atoms with van der Waals surface area (Å²) in [5, 5.41) is 3.17. The summed E-state index contributed by atoms with van der Waals surface area (Å²) in [5.41, 5.74) is 1.55. The van der Waals surface area contributed by atoms with Crippen molar-refractivity contribution in [1.29, 1.82) is 0 Å². The molecule has 35 heavy (non-hydrogen) atoms. The molecule has 3 aromatic rings. The van der Waals surface area contributed by atoms with Crippen molar-refractivity contribution in [2.75, 3.05) is 12.0 Å². The van der Waals surface area contributed by atoms with Crippen molar-refractivity contribution in [2.24, 2.45) is 0 Å². The van der Waals surface area contributed by atoms with E-state index in [1.54, 1.807) is 24.3 Å². The molecule has 1 N–H and O–H groups in total. The van der Waals surface area contributed by atoms with E-state index in [-0.39, 0.29) is 17.6 Å². The summed E-state index contributed by atoms with van der Waals surface area (Å²) >= 11 is 0. The highest BCUT2D eigenvalue weighted by Gasteiger charge is 2.35. The molecule has 2 amide bonds. The predicted molar refractivity (Wildman–Crippen MR) is 131 cm³/mol. The number of esters is 1. The largest absolute Gasteiger partial charge is 0.465 e. The zero-order valence-corrected chi connectivity index (χ0v) is 19.6. The number of ether oxygens (including phenoxy) is 1. The van der Waals surface area contributed by atoms with Crippen LogP contribution in [0.4, 0.5) is 5.69 Å². The third-order valence-electron chi connectivity index (χ3n) is 6.14. The maximum absolute atomic E-state index is 13.8. The number of nitrogens with zero attached hydrogens (tertiary/aromatic N) is 3. The zero-order chi connectivity index (χ0) is 24.6. The van der Waals surface area contributed by atoms with Crippen molar-refractivity contribution in [1.82, 2.24) is 15.3 Å². The first kappa shape index (κ1) is 24.1. The fraction of sp³-hybridized carbons (Fsp3) is 0.296. The molecule has 1 aromatic heterocycles. The van der Waals surface area contributed by atoms with Gasteiger partial charge in [0.05, 0.1) is 18.9 Å². The lowest BCUT2D eigenvalue weighted by molar-refractivity contribution is -0.123. The Kier molecular flexibility index (Phi) is 7.82. The van der Waals surface area contributed by atoms with Crippen LogP contribution in [0.15, 0.2) is 73.2 Å². The van der Waals surface area contributed by atoms with E-state index in [0.717, 1.165) is 32.1 Å². The Balaban J connectivity index is 1.78. The number of hydrogen-bond donors (Lipinski definition) is 1. The third-order valence-corrected chi connectivity index (χ3v) is 6.14. The van der Waals surface area contributed by atoms with Crippen molar-refractivity contribution >= 4 is 23.5 Å². The van der Waals surface area contributed by atoms with Gasteiger partial charge in [0.1, 0.15) is 11.7 Å². The van der Waals surface area contributed by atoms with E-state index in [1.807, 2.05) is 30.3 Å². The number of carbonyl (C=O) groups excluding carboxylic acids is 3. The number of carbonyl (C=O) groups is 3. The maximum Gasteiger partial charge on any atom is 0.337 e. The highest BCUT2D eigenvalue weighted by molar-refractivity contribution is 6.09. The lowest BCUT2D eigenvalue weighted by atomic mass is 9.94. The number of nitrogens with one attached hydrogen (secondary N) is 1. The number of amides is 2. The Morgan fingerprint density at radius 3 is 2.31 bits per heavy atom. The van der Waals surface area contributed by atoms with Gasteiger partial charge in [0.25, 0.3) is 5.91 Å². The van der Waals surface area contributed by atoms with Gasteiger partial charge in [-0.1, -0.05) is 49.6 Å². The van der Waals surface area contributed by atoms with Crippen LogP contribution in [0.3, 0.4) is 0 Å². The minimum atomic E-state index is -0.948. The van der Waals surface area contributed by atoms with Gasteiger partial charge in [-0.25, -0.2) is 9.78 Å². The van der Waals surface area contributed by atoms with Crippen LogP contribution >= 0.6 is 0 Å². The molecule has 0 radical (unpaired) electrons. The standard InChI is InChI=1S/C27H28N4O4/c1-35-27(34)20-12-14-22(15-13-20)31(26(33)23-18-28-16-17-29-23)24(19-8-4-2-5-9-19)25(32)30-21-10-6-3-7-11-21/h2,4-5,8-9,12-18,21,24H,3,6-7,10-11H2,1H3,(H,30,32). The number of hydrogen-bond acceptors (Lipinski definition) is 6. The van der Waals surface area contributed by atoms with E-state index in [2.05, 4.69) is 15.3 Å². The van der Waals surface area contributed by atoms with E-state index in [1.165, 1.54) is 30.6 Å². The Bertz CT molecular complexity index is 1150. The monoisotopic (exact) mass is 472 g/mol. The van der Waals surface area contributed by atoms with Gasteiger partial charge in [-0.2, -0.15) is 0 Å². The minimum absolute atomic E-state index is 0.0673. The number of aromatic nitrogens is 2. The van der Waals surface area contributed by atoms with Gasteiger partial charge in [0, 0.05) is 24.1 Å². The molecule has 2 aromatic carbocycles. The second kappa shape index (κ2) is 11.4. The van der Waals surface area contributed by atoms with Gasteiger partial charge < -0.3 is 10.1 Å². The predicted octanol–water partition coefficient (Wildman–Crippen LogP) is 4.10. The molecular weight excluding hydrogens is 444 g/mol. The summed E-state index contributed by atoms with van der Waals surface area (Å²) in [4.78, 5) is 49.1. The van der Waals surface area contributed by atoms with Crippen molar-refractivity contribution in [3.05, 3.63) is 90.0 Å². The molecule has 1 atom stereocenters. The van der Waals surface area contributed by atoms with Crippen LogP contribution < -0.4 is 10.2 Å². The second-order valence-electron chi connectivity index (χ2n) is 8.46. The normalized spacial score (nSPS) is 14.5. The topological polar surface area (TPSA) is 101 Å². The van der Waals surface area contributed by atoms with Crippen LogP contribution in [0.5, 0.6) is 0 Å². The number of benzene rings is 2. The molecule has 180 valence electrons. The van der Waals surface area contributed by atoms with Gasteiger partial charge >= 0.3 is 5.97 Å². The van der Waals surface area contributed by atoms with Gasteiger partial charge in [0.15, 0.2) is 0 Å². The molecule has 4 rings (SSSR count). The van der Waals surface area contributed by atoms with Crippen LogP contribution in [-0.2, 0) is 9.53 Å². The zero-order valence-electron chi connectivity index (χ0n) is 19.6. The molecule has 0 bridgehead atoms. The molecule has 1 unspecified atom stereocenters. The van der Waals surface area contributed by atoms with Crippen LogP contribution in [0.25, 0.3) is 0 Å². The van der Waals surface area contributed by atoms with E-state index in [0.29, 0.717) is 16.8 Å².